The Balaban J connectivity index is 2.12. The third-order valence-corrected chi connectivity index (χ3v) is 4.91. The molecule has 2 rings (SSSR count). The molecule has 0 heterocycles. The SMILES string of the molecule is CC1C(I)CCC2C1C2(F)F. The number of hydrogen-bond acceptors (Lipinski definition) is 0. The van der Waals surface area contributed by atoms with E-state index in [1.807, 2.05) is 6.92 Å². The highest BCUT2D eigenvalue weighted by Gasteiger charge is 2.71. The van der Waals surface area contributed by atoms with Gasteiger partial charge in [-0.1, -0.05) is 29.5 Å². The number of rotatable bonds is 0. The van der Waals surface area contributed by atoms with Gasteiger partial charge in [0.2, 0.25) is 0 Å². The summed E-state index contributed by atoms with van der Waals surface area (Å²) in [5, 5.41) is 0. The summed E-state index contributed by atoms with van der Waals surface area (Å²) in [7, 11) is 0. The number of fused-ring (bicyclic) bond motifs is 1. The highest BCUT2D eigenvalue weighted by Crippen LogP contribution is 2.65. The predicted octanol–water partition coefficient (Wildman–Crippen LogP) is 3.10. The predicted molar refractivity (Wildman–Crippen MR) is 48.1 cm³/mol. The molecular weight excluding hydrogens is 261 g/mol. The van der Waals surface area contributed by atoms with E-state index in [9.17, 15) is 8.78 Å². The summed E-state index contributed by atoms with van der Waals surface area (Å²) in [6.07, 6.45) is 1.73. The van der Waals surface area contributed by atoms with Crippen molar-refractivity contribution in [3.8, 4) is 0 Å². The van der Waals surface area contributed by atoms with Crippen molar-refractivity contribution < 1.29 is 8.78 Å². The maximum absolute atomic E-state index is 12.9. The molecule has 0 radical (unpaired) electrons. The smallest absolute Gasteiger partial charge is 0.206 e. The lowest BCUT2D eigenvalue weighted by molar-refractivity contribution is 0.0791. The van der Waals surface area contributed by atoms with Crippen LogP contribution < -0.4 is 0 Å². The summed E-state index contributed by atoms with van der Waals surface area (Å²) in [5.74, 6) is -2.62. The fraction of sp³-hybridized carbons (Fsp3) is 1.00. The molecule has 0 bridgehead atoms. The van der Waals surface area contributed by atoms with E-state index in [2.05, 4.69) is 22.6 Å². The summed E-state index contributed by atoms with van der Waals surface area (Å²) in [6, 6.07) is 0. The first-order valence-corrected chi connectivity index (χ1v) is 5.31. The molecule has 4 unspecified atom stereocenters. The average molecular weight is 272 g/mol. The minimum Gasteiger partial charge on any atom is -0.206 e. The Morgan fingerprint density at radius 1 is 1.36 bits per heavy atom. The molecule has 3 heteroatoms. The van der Waals surface area contributed by atoms with E-state index in [1.165, 1.54) is 0 Å². The molecule has 0 aliphatic heterocycles. The Morgan fingerprint density at radius 2 is 2.00 bits per heavy atom. The molecule has 2 fully saturated rings. The first kappa shape index (κ1) is 8.20. The van der Waals surface area contributed by atoms with Crippen LogP contribution in [0.15, 0.2) is 0 Å². The van der Waals surface area contributed by atoms with Gasteiger partial charge in [-0.05, 0) is 18.8 Å². The normalized spacial score (nSPS) is 53.5. The summed E-state index contributed by atoms with van der Waals surface area (Å²) >= 11 is 2.31. The number of hydrogen-bond donors (Lipinski definition) is 0. The lowest BCUT2D eigenvalue weighted by Gasteiger charge is -2.21. The molecule has 0 amide bonds. The second kappa shape index (κ2) is 2.30. The zero-order valence-electron chi connectivity index (χ0n) is 6.36. The highest BCUT2D eigenvalue weighted by molar-refractivity contribution is 14.1. The molecule has 0 aromatic rings. The topological polar surface area (TPSA) is 0 Å². The van der Waals surface area contributed by atoms with Crippen LogP contribution in [0.2, 0.25) is 0 Å². The molecule has 0 aromatic carbocycles. The van der Waals surface area contributed by atoms with E-state index >= 15 is 0 Å². The maximum Gasteiger partial charge on any atom is 0.254 e. The fourth-order valence-electron chi connectivity index (χ4n) is 2.33. The Bertz CT molecular complexity index is 181. The van der Waals surface area contributed by atoms with E-state index in [0.29, 0.717) is 3.92 Å². The number of alkyl halides is 3. The first-order valence-electron chi connectivity index (χ1n) is 4.07. The molecule has 4 atom stereocenters. The van der Waals surface area contributed by atoms with Crippen molar-refractivity contribution in [3.05, 3.63) is 0 Å². The lowest BCUT2D eigenvalue weighted by Crippen LogP contribution is -2.19. The molecule has 2 saturated carbocycles. The average Bonchev–Trinajstić information content (AvgIpc) is 2.46. The van der Waals surface area contributed by atoms with Gasteiger partial charge in [-0.3, -0.25) is 0 Å². The van der Waals surface area contributed by atoms with Crippen LogP contribution >= 0.6 is 22.6 Å². The van der Waals surface area contributed by atoms with Crippen LogP contribution in [-0.4, -0.2) is 9.85 Å². The first-order chi connectivity index (χ1) is 5.05. The highest BCUT2D eigenvalue weighted by atomic mass is 127. The second-order valence-corrected chi connectivity index (χ2v) is 5.36. The standard InChI is InChI=1S/C8H11F2I/c1-4-6(11)3-2-5-7(4)8(5,9)10/h4-7H,2-3H2,1H3. The zero-order chi connectivity index (χ0) is 8.22. The number of halogens is 3. The zero-order valence-corrected chi connectivity index (χ0v) is 8.52. The van der Waals surface area contributed by atoms with Gasteiger partial charge in [-0.15, -0.1) is 0 Å². The van der Waals surface area contributed by atoms with Crippen LogP contribution in [0.4, 0.5) is 8.78 Å². The second-order valence-electron chi connectivity index (χ2n) is 3.76. The molecule has 64 valence electrons. The maximum atomic E-state index is 12.9. The minimum absolute atomic E-state index is 0.226. The molecule has 0 aromatic heterocycles. The van der Waals surface area contributed by atoms with Crippen LogP contribution in [0, 0.1) is 17.8 Å². The monoisotopic (exact) mass is 272 g/mol. The van der Waals surface area contributed by atoms with Crippen molar-refractivity contribution in [1.82, 2.24) is 0 Å². The molecule has 0 nitrogen and oxygen atoms in total. The molecule has 0 spiro atoms. The Kier molecular flexibility index (Phi) is 1.71. The molecule has 0 N–H and O–H groups in total. The van der Waals surface area contributed by atoms with Crippen LogP contribution in [0.5, 0.6) is 0 Å². The van der Waals surface area contributed by atoms with Gasteiger partial charge in [0.25, 0.3) is 5.92 Å². The van der Waals surface area contributed by atoms with Gasteiger partial charge < -0.3 is 0 Å². The van der Waals surface area contributed by atoms with Crippen LogP contribution in [0.25, 0.3) is 0 Å². The van der Waals surface area contributed by atoms with Gasteiger partial charge in [0, 0.05) is 15.8 Å². The summed E-state index contributed by atoms with van der Waals surface area (Å²) < 4.78 is 26.3. The molecule has 2 aliphatic carbocycles. The van der Waals surface area contributed by atoms with Gasteiger partial charge in [-0.25, -0.2) is 8.78 Å². The molecular formula is C8H11F2I. The van der Waals surface area contributed by atoms with Crippen molar-refractivity contribution in [2.24, 2.45) is 17.8 Å². The summed E-state index contributed by atoms with van der Waals surface area (Å²) in [6.45, 7) is 1.97. The van der Waals surface area contributed by atoms with Gasteiger partial charge in [-0.2, -0.15) is 0 Å². The van der Waals surface area contributed by atoms with E-state index in [4.69, 9.17) is 0 Å². The van der Waals surface area contributed by atoms with Crippen molar-refractivity contribution in [2.45, 2.75) is 29.6 Å². The quantitative estimate of drug-likeness (QED) is 0.469. The Labute approximate surface area is 78.9 Å². The van der Waals surface area contributed by atoms with Crippen molar-refractivity contribution >= 4 is 22.6 Å². The Morgan fingerprint density at radius 3 is 2.55 bits per heavy atom. The van der Waals surface area contributed by atoms with Gasteiger partial charge >= 0.3 is 0 Å². The Hall–Kier alpha value is 0.590. The van der Waals surface area contributed by atoms with E-state index in [-0.39, 0.29) is 17.8 Å². The summed E-state index contributed by atoms with van der Waals surface area (Å²) in [5.41, 5.74) is 0. The van der Waals surface area contributed by atoms with E-state index < -0.39 is 5.92 Å². The largest absolute Gasteiger partial charge is 0.254 e. The summed E-state index contributed by atoms with van der Waals surface area (Å²) in [4.78, 5) is 0. The van der Waals surface area contributed by atoms with Crippen molar-refractivity contribution in [2.75, 3.05) is 0 Å². The van der Waals surface area contributed by atoms with Crippen molar-refractivity contribution in [1.29, 1.82) is 0 Å². The van der Waals surface area contributed by atoms with E-state index in [0.717, 1.165) is 12.8 Å². The third kappa shape index (κ3) is 1.03. The molecule has 0 saturated heterocycles. The fourth-order valence-corrected chi connectivity index (χ4v) is 3.14. The van der Waals surface area contributed by atoms with Gasteiger partial charge in [0.1, 0.15) is 0 Å². The molecule has 11 heavy (non-hydrogen) atoms. The van der Waals surface area contributed by atoms with Crippen LogP contribution in [-0.2, 0) is 0 Å². The minimum atomic E-state index is -2.31. The van der Waals surface area contributed by atoms with E-state index in [1.54, 1.807) is 0 Å². The van der Waals surface area contributed by atoms with Crippen LogP contribution in [0.3, 0.4) is 0 Å². The lowest BCUT2D eigenvalue weighted by atomic mass is 9.91. The van der Waals surface area contributed by atoms with Crippen molar-refractivity contribution in [3.63, 3.8) is 0 Å². The third-order valence-electron chi connectivity index (χ3n) is 3.15. The van der Waals surface area contributed by atoms with Crippen LogP contribution in [0.1, 0.15) is 19.8 Å². The molecule has 2 aliphatic rings. The van der Waals surface area contributed by atoms with Gasteiger partial charge in [0.05, 0.1) is 0 Å². The van der Waals surface area contributed by atoms with Gasteiger partial charge in [0.15, 0.2) is 0 Å².